The van der Waals surface area contributed by atoms with Gasteiger partial charge in [0.15, 0.2) is 0 Å². The van der Waals surface area contributed by atoms with Gasteiger partial charge < -0.3 is 10.5 Å². The maximum atomic E-state index is 13.8. The van der Waals surface area contributed by atoms with E-state index in [4.69, 9.17) is 10.5 Å². The summed E-state index contributed by atoms with van der Waals surface area (Å²) >= 11 is 0. The van der Waals surface area contributed by atoms with Crippen molar-refractivity contribution in [2.24, 2.45) is 5.73 Å². The van der Waals surface area contributed by atoms with Crippen molar-refractivity contribution in [3.05, 3.63) is 29.6 Å². The highest BCUT2D eigenvalue weighted by Gasteiger charge is 2.24. The Kier molecular flexibility index (Phi) is 5.64. The fraction of sp³-hybridized carbons (Fsp3) is 0.538. The molecular weight excluding hydrogens is 283 g/mol. The van der Waals surface area contributed by atoms with Gasteiger partial charge in [0.1, 0.15) is 10.7 Å². The molecule has 0 aliphatic heterocycles. The molecule has 5 nitrogen and oxygen atoms in total. The Bertz CT molecular complexity index is 559. The van der Waals surface area contributed by atoms with E-state index in [9.17, 15) is 12.8 Å². The van der Waals surface area contributed by atoms with Crippen LogP contribution in [0.15, 0.2) is 23.1 Å². The minimum absolute atomic E-state index is 0.0568. The Morgan fingerprint density at radius 2 is 2.05 bits per heavy atom. The Morgan fingerprint density at radius 1 is 1.40 bits per heavy atom. The molecule has 0 aromatic heterocycles. The number of nitrogens with one attached hydrogen (secondary N) is 1. The monoisotopic (exact) mass is 304 g/mol. The molecular formula is C13H21FN2O3S. The second kappa shape index (κ2) is 6.62. The van der Waals surface area contributed by atoms with Gasteiger partial charge in [0.05, 0.1) is 5.60 Å². The second-order valence-corrected chi connectivity index (χ2v) is 6.72. The van der Waals surface area contributed by atoms with E-state index in [1.165, 1.54) is 12.1 Å². The van der Waals surface area contributed by atoms with Gasteiger partial charge >= 0.3 is 0 Å². The van der Waals surface area contributed by atoms with Crippen LogP contribution in [0.5, 0.6) is 0 Å². The maximum absolute atomic E-state index is 13.8. The SMILES string of the molecule is CCOC(C)(C)CNS(=O)(=O)c1ccc(CN)cc1F. The van der Waals surface area contributed by atoms with Gasteiger partial charge in [0.25, 0.3) is 0 Å². The molecule has 0 fully saturated rings. The van der Waals surface area contributed by atoms with Gasteiger partial charge in [-0.05, 0) is 38.5 Å². The molecule has 0 amide bonds. The van der Waals surface area contributed by atoms with Crippen molar-refractivity contribution in [2.75, 3.05) is 13.2 Å². The van der Waals surface area contributed by atoms with Crippen molar-refractivity contribution in [2.45, 2.75) is 37.8 Å². The molecule has 7 heteroatoms. The third kappa shape index (κ3) is 4.52. The summed E-state index contributed by atoms with van der Waals surface area (Å²) in [5, 5.41) is 0. The lowest BCUT2D eigenvalue weighted by Crippen LogP contribution is -2.40. The van der Waals surface area contributed by atoms with Gasteiger partial charge in [-0.15, -0.1) is 0 Å². The zero-order chi connectivity index (χ0) is 15.4. The molecule has 0 atom stereocenters. The molecule has 3 N–H and O–H groups in total. The molecule has 0 radical (unpaired) electrons. The van der Waals surface area contributed by atoms with E-state index >= 15 is 0 Å². The van der Waals surface area contributed by atoms with Gasteiger partial charge in [-0.3, -0.25) is 0 Å². The van der Waals surface area contributed by atoms with Gasteiger partial charge in [-0.25, -0.2) is 17.5 Å². The summed E-state index contributed by atoms with van der Waals surface area (Å²) in [6.07, 6.45) is 0. The van der Waals surface area contributed by atoms with Gasteiger partial charge in [0.2, 0.25) is 10.0 Å². The number of hydrogen-bond donors (Lipinski definition) is 2. The van der Waals surface area contributed by atoms with Crippen LogP contribution in [0.2, 0.25) is 0 Å². The van der Waals surface area contributed by atoms with Crippen molar-refractivity contribution in [3.63, 3.8) is 0 Å². The van der Waals surface area contributed by atoms with Gasteiger partial charge in [-0.1, -0.05) is 6.07 Å². The largest absolute Gasteiger partial charge is 0.375 e. The molecule has 1 aromatic carbocycles. The lowest BCUT2D eigenvalue weighted by molar-refractivity contribution is -0.00516. The zero-order valence-corrected chi connectivity index (χ0v) is 12.8. The van der Waals surface area contributed by atoms with Crippen molar-refractivity contribution in [1.82, 2.24) is 4.72 Å². The lowest BCUT2D eigenvalue weighted by atomic mass is 10.1. The summed E-state index contributed by atoms with van der Waals surface area (Å²) in [6, 6.07) is 3.83. The normalized spacial score (nSPS) is 12.7. The average molecular weight is 304 g/mol. The first kappa shape index (κ1) is 17.0. The van der Waals surface area contributed by atoms with E-state index in [0.717, 1.165) is 6.07 Å². The van der Waals surface area contributed by atoms with Crippen LogP contribution in [0.1, 0.15) is 26.3 Å². The number of rotatable bonds is 7. The van der Waals surface area contributed by atoms with Crippen LogP contribution in [0.4, 0.5) is 4.39 Å². The Hall–Kier alpha value is -1.02. The number of hydrogen-bond acceptors (Lipinski definition) is 4. The Balaban J connectivity index is 2.89. The van der Waals surface area contributed by atoms with Crippen LogP contribution in [0, 0.1) is 5.82 Å². The van der Waals surface area contributed by atoms with Crippen molar-refractivity contribution >= 4 is 10.0 Å². The van der Waals surface area contributed by atoms with Crippen molar-refractivity contribution < 1.29 is 17.5 Å². The van der Waals surface area contributed by atoms with Crippen LogP contribution >= 0.6 is 0 Å². The zero-order valence-electron chi connectivity index (χ0n) is 11.9. The summed E-state index contributed by atoms with van der Waals surface area (Å²) in [4.78, 5) is -0.387. The van der Waals surface area contributed by atoms with Crippen LogP contribution in [0.25, 0.3) is 0 Å². The highest BCUT2D eigenvalue weighted by atomic mass is 32.2. The van der Waals surface area contributed by atoms with Gasteiger partial charge in [0, 0.05) is 19.7 Å². The highest BCUT2D eigenvalue weighted by Crippen LogP contribution is 2.17. The predicted octanol–water partition coefficient (Wildman–Crippen LogP) is 1.38. The molecule has 0 aliphatic rings. The van der Waals surface area contributed by atoms with E-state index in [1.54, 1.807) is 13.8 Å². The lowest BCUT2D eigenvalue weighted by Gasteiger charge is -2.24. The molecule has 1 rings (SSSR count). The van der Waals surface area contributed by atoms with Gasteiger partial charge in [-0.2, -0.15) is 0 Å². The molecule has 0 bridgehead atoms. The smallest absolute Gasteiger partial charge is 0.243 e. The summed E-state index contributed by atoms with van der Waals surface area (Å²) in [7, 11) is -3.91. The van der Waals surface area contributed by atoms with Crippen LogP contribution in [0.3, 0.4) is 0 Å². The molecule has 0 saturated heterocycles. The van der Waals surface area contributed by atoms with Crippen molar-refractivity contribution in [1.29, 1.82) is 0 Å². The minimum Gasteiger partial charge on any atom is -0.375 e. The molecule has 114 valence electrons. The topological polar surface area (TPSA) is 81.4 Å². The van der Waals surface area contributed by atoms with E-state index < -0.39 is 21.4 Å². The Labute approximate surface area is 119 Å². The van der Waals surface area contributed by atoms with Crippen LogP contribution in [-0.4, -0.2) is 27.2 Å². The fourth-order valence-corrected chi connectivity index (χ4v) is 2.93. The number of ether oxygens (including phenoxy) is 1. The second-order valence-electron chi connectivity index (χ2n) is 4.99. The number of halogens is 1. The number of benzene rings is 1. The third-order valence-corrected chi connectivity index (χ3v) is 4.18. The maximum Gasteiger partial charge on any atom is 0.243 e. The average Bonchev–Trinajstić information content (AvgIpc) is 2.36. The highest BCUT2D eigenvalue weighted by molar-refractivity contribution is 7.89. The van der Waals surface area contributed by atoms with Crippen molar-refractivity contribution in [3.8, 4) is 0 Å². The molecule has 20 heavy (non-hydrogen) atoms. The number of sulfonamides is 1. The quantitative estimate of drug-likeness (QED) is 0.797. The van der Waals surface area contributed by atoms with E-state index in [-0.39, 0.29) is 18.0 Å². The molecule has 1 aromatic rings. The van der Waals surface area contributed by atoms with Crippen LogP contribution < -0.4 is 10.5 Å². The Morgan fingerprint density at radius 3 is 2.55 bits per heavy atom. The minimum atomic E-state index is -3.91. The first-order chi connectivity index (χ1) is 9.22. The summed E-state index contributed by atoms with van der Waals surface area (Å²) < 4.78 is 45.7. The molecule has 0 aliphatic carbocycles. The predicted molar refractivity (Wildman–Crippen MR) is 75.2 cm³/mol. The summed E-state index contributed by atoms with van der Waals surface area (Å²) in [6.45, 7) is 6.01. The van der Waals surface area contributed by atoms with Crippen LogP contribution in [-0.2, 0) is 21.3 Å². The van der Waals surface area contributed by atoms with E-state index in [1.807, 2.05) is 6.92 Å². The molecule has 0 spiro atoms. The molecule has 0 unspecified atom stereocenters. The first-order valence-electron chi connectivity index (χ1n) is 6.34. The summed E-state index contributed by atoms with van der Waals surface area (Å²) in [5.74, 6) is -0.810. The molecule has 0 heterocycles. The fourth-order valence-electron chi connectivity index (χ4n) is 1.68. The first-order valence-corrected chi connectivity index (χ1v) is 7.82. The number of nitrogens with two attached hydrogens (primary N) is 1. The van der Waals surface area contributed by atoms with E-state index in [2.05, 4.69) is 4.72 Å². The standard InChI is InChI=1S/C13H21FN2O3S/c1-4-19-13(2,3)9-16-20(17,18)12-6-5-10(8-15)7-11(12)14/h5-7,16H,4,8-9,15H2,1-3H3. The third-order valence-electron chi connectivity index (χ3n) is 2.74. The summed E-state index contributed by atoms with van der Waals surface area (Å²) in [5.41, 5.74) is 5.26. The molecule has 0 saturated carbocycles. The van der Waals surface area contributed by atoms with E-state index in [0.29, 0.717) is 12.2 Å².